The number of hydrogen-bond donors (Lipinski definition) is 4. The molecule has 0 aliphatic heterocycles. The molecular weight excluding hydrogens is 436 g/mol. The summed E-state index contributed by atoms with van der Waals surface area (Å²) in [6.07, 6.45) is -0.0518. The molecule has 2 fully saturated rings. The van der Waals surface area contributed by atoms with E-state index in [-0.39, 0.29) is 36.9 Å². The van der Waals surface area contributed by atoms with E-state index in [1.54, 1.807) is 0 Å². The lowest BCUT2D eigenvalue weighted by atomic mass is 9.98. The van der Waals surface area contributed by atoms with Crippen LogP contribution in [0.3, 0.4) is 0 Å². The van der Waals surface area contributed by atoms with Crippen LogP contribution in [0.5, 0.6) is 0 Å². The Bertz CT molecular complexity index is 1090. The maximum absolute atomic E-state index is 12.7. The first-order valence-electron chi connectivity index (χ1n) is 11.7. The molecule has 34 heavy (non-hydrogen) atoms. The lowest BCUT2D eigenvalue weighted by Crippen LogP contribution is -2.40. The second kappa shape index (κ2) is 8.76. The first kappa shape index (κ1) is 22.4. The fraction of sp³-hybridized carbons (Fsp3) is 0.423. The minimum Gasteiger partial charge on any atom is -0.481 e. The molecule has 4 atom stereocenters. The van der Waals surface area contributed by atoms with Crippen molar-refractivity contribution in [2.45, 2.75) is 43.7 Å². The number of ether oxygens (including phenoxy) is 1. The van der Waals surface area contributed by atoms with Crippen molar-refractivity contribution in [2.75, 3.05) is 13.2 Å². The number of carboxylic acid groups (broad SMARTS) is 1. The van der Waals surface area contributed by atoms with Gasteiger partial charge in [-0.2, -0.15) is 0 Å². The summed E-state index contributed by atoms with van der Waals surface area (Å²) in [5.41, 5.74) is 4.11. The Hall–Kier alpha value is -3.39. The summed E-state index contributed by atoms with van der Waals surface area (Å²) < 4.78 is 5.62. The summed E-state index contributed by atoms with van der Waals surface area (Å²) in [7, 11) is 0. The van der Waals surface area contributed by atoms with Crippen LogP contribution in [0, 0.1) is 11.3 Å². The van der Waals surface area contributed by atoms with Crippen LogP contribution in [-0.4, -0.2) is 53.5 Å². The van der Waals surface area contributed by atoms with E-state index >= 15 is 0 Å². The summed E-state index contributed by atoms with van der Waals surface area (Å²) in [5, 5.41) is 24.0. The zero-order valence-electron chi connectivity index (χ0n) is 18.7. The second-order valence-electron chi connectivity index (χ2n) is 9.63. The zero-order chi connectivity index (χ0) is 23.9. The Balaban J connectivity index is 1.13. The quantitative estimate of drug-likeness (QED) is 0.476. The highest BCUT2D eigenvalue weighted by molar-refractivity contribution is 5.87. The van der Waals surface area contributed by atoms with Crippen LogP contribution in [0.4, 0.5) is 4.79 Å². The minimum absolute atomic E-state index is 0.00974. The Morgan fingerprint density at radius 3 is 2.32 bits per heavy atom. The van der Waals surface area contributed by atoms with Gasteiger partial charge in [0.15, 0.2) is 0 Å². The highest BCUT2D eigenvalue weighted by Crippen LogP contribution is 2.63. The Morgan fingerprint density at radius 2 is 1.68 bits per heavy atom. The van der Waals surface area contributed by atoms with E-state index in [0.29, 0.717) is 12.8 Å². The predicted octanol–water partition coefficient (Wildman–Crippen LogP) is 2.65. The van der Waals surface area contributed by atoms with Crippen LogP contribution in [0.25, 0.3) is 11.1 Å². The molecular formula is C26H28N2O6. The molecule has 3 aliphatic rings. The van der Waals surface area contributed by atoms with Gasteiger partial charge >= 0.3 is 12.1 Å². The van der Waals surface area contributed by atoms with Crippen LogP contribution < -0.4 is 10.6 Å². The van der Waals surface area contributed by atoms with Gasteiger partial charge in [-0.25, -0.2) is 4.79 Å². The van der Waals surface area contributed by atoms with Crippen LogP contribution in [0.2, 0.25) is 0 Å². The molecule has 0 spiro atoms. The summed E-state index contributed by atoms with van der Waals surface area (Å²) >= 11 is 0. The number of rotatable bonds is 8. The number of fused-ring (bicyclic) bond motifs is 4. The van der Waals surface area contributed by atoms with Crippen molar-refractivity contribution < 1.29 is 29.3 Å². The van der Waals surface area contributed by atoms with Gasteiger partial charge in [-0.3, -0.25) is 9.59 Å². The van der Waals surface area contributed by atoms with E-state index in [4.69, 9.17) is 9.84 Å². The Morgan fingerprint density at radius 1 is 1.03 bits per heavy atom. The van der Waals surface area contributed by atoms with E-state index in [2.05, 4.69) is 34.9 Å². The van der Waals surface area contributed by atoms with Gasteiger partial charge < -0.3 is 25.6 Å². The number of nitrogens with one attached hydrogen (secondary N) is 2. The van der Waals surface area contributed by atoms with Gasteiger partial charge in [-0.05, 0) is 47.4 Å². The van der Waals surface area contributed by atoms with Crippen LogP contribution in [0.15, 0.2) is 48.5 Å². The first-order chi connectivity index (χ1) is 16.4. The minimum atomic E-state index is -1.12. The average Bonchev–Trinajstić information content (AvgIpc) is 3.24. The lowest BCUT2D eigenvalue weighted by Gasteiger charge is -2.19. The van der Waals surface area contributed by atoms with Crippen molar-refractivity contribution in [3.8, 4) is 11.1 Å². The van der Waals surface area contributed by atoms with E-state index in [0.717, 1.165) is 17.5 Å². The van der Waals surface area contributed by atoms with Gasteiger partial charge in [0.05, 0.1) is 17.9 Å². The molecule has 2 saturated carbocycles. The Kier molecular flexibility index (Phi) is 5.77. The third kappa shape index (κ3) is 4.14. The molecule has 2 aromatic carbocycles. The van der Waals surface area contributed by atoms with Gasteiger partial charge in [-0.1, -0.05) is 48.5 Å². The maximum Gasteiger partial charge on any atom is 0.407 e. The monoisotopic (exact) mass is 464 g/mol. The normalized spacial score (nSPS) is 25.0. The second-order valence-corrected chi connectivity index (χ2v) is 9.63. The highest BCUT2D eigenvalue weighted by atomic mass is 16.5. The number of benzene rings is 2. The van der Waals surface area contributed by atoms with Gasteiger partial charge in [-0.15, -0.1) is 0 Å². The van der Waals surface area contributed by atoms with Crippen molar-refractivity contribution in [2.24, 2.45) is 11.3 Å². The Labute approximate surface area is 197 Å². The summed E-state index contributed by atoms with van der Waals surface area (Å²) in [6, 6.07) is 16.2. The van der Waals surface area contributed by atoms with Crippen LogP contribution >= 0.6 is 0 Å². The molecule has 5 rings (SSSR count). The van der Waals surface area contributed by atoms with Gasteiger partial charge in [0.25, 0.3) is 0 Å². The highest BCUT2D eigenvalue weighted by Gasteiger charge is 2.65. The summed E-state index contributed by atoms with van der Waals surface area (Å²) in [6.45, 7) is 0.146. The largest absolute Gasteiger partial charge is 0.481 e. The van der Waals surface area contributed by atoms with Crippen molar-refractivity contribution >= 4 is 18.0 Å². The third-order valence-corrected chi connectivity index (χ3v) is 7.44. The number of alkyl carbamates (subject to hydrolysis) is 1. The fourth-order valence-corrected chi connectivity index (χ4v) is 5.75. The SMILES string of the molecule is O=C(O)CC(O)CNC(=O)[C@]12C[C@H](NC(=O)OCC3c4ccccc4-c4ccccc43)C[C@H]1C2. The smallest absolute Gasteiger partial charge is 0.407 e. The summed E-state index contributed by atoms with van der Waals surface area (Å²) in [4.78, 5) is 35.9. The van der Waals surface area contributed by atoms with Gasteiger partial charge in [0, 0.05) is 18.5 Å². The molecule has 8 heteroatoms. The number of aliphatic carboxylic acids is 1. The van der Waals surface area contributed by atoms with Crippen molar-refractivity contribution in [1.29, 1.82) is 0 Å². The van der Waals surface area contributed by atoms with Crippen molar-refractivity contribution in [3.63, 3.8) is 0 Å². The maximum atomic E-state index is 12.7. The van der Waals surface area contributed by atoms with E-state index in [1.165, 1.54) is 11.1 Å². The summed E-state index contributed by atoms with van der Waals surface area (Å²) in [5.74, 6) is -1.12. The molecule has 0 saturated heterocycles. The van der Waals surface area contributed by atoms with Gasteiger partial charge in [0.2, 0.25) is 5.91 Å². The molecule has 2 aromatic rings. The molecule has 8 nitrogen and oxygen atoms in total. The molecule has 0 bridgehead atoms. The first-order valence-corrected chi connectivity index (χ1v) is 11.7. The van der Waals surface area contributed by atoms with E-state index in [9.17, 15) is 19.5 Å². The number of carbonyl (C=O) groups excluding carboxylic acids is 2. The third-order valence-electron chi connectivity index (χ3n) is 7.44. The number of amides is 2. The van der Waals surface area contributed by atoms with E-state index < -0.39 is 30.0 Å². The predicted molar refractivity (Wildman–Crippen MR) is 123 cm³/mol. The topological polar surface area (TPSA) is 125 Å². The molecule has 1 unspecified atom stereocenters. The number of carboxylic acids is 1. The van der Waals surface area contributed by atoms with Crippen LogP contribution in [-0.2, 0) is 14.3 Å². The molecule has 4 N–H and O–H groups in total. The number of aliphatic hydroxyl groups excluding tert-OH is 1. The zero-order valence-corrected chi connectivity index (χ0v) is 18.7. The number of aliphatic hydroxyl groups is 1. The van der Waals surface area contributed by atoms with Crippen LogP contribution in [0.1, 0.15) is 42.7 Å². The molecule has 178 valence electrons. The standard InChI is InChI=1S/C26H28N2O6/c29-17(10-23(30)31)13-27-24(32)26-11-15(26)9-16(12-26)28-25(33)34-14-22-20-7-3-1-5-18(20)19-6-2-4-8-21(19)22/h1-8,15-17,22,29H,9-14H2,(H,27,32)(H,28,33)(H,30,31)/t15-,16+,17?,26+/m0/s1. The fourth-order valence-electron chi connectivity index (χ4n) is 5.75. The molecule has 0 radical (unpaired) electrons. The lowest BCUT2D eigenvalue weighted by molar-refractivity contribution is -0.139. The molecule has 2 amide bonds. The van der Waals surface area contributed by atoms with Crippen molar-refractivity contribution in [3.05, 3.63) is 59.7 Å². The molecule has 3 aliphatic carbocycles. The molecule has 0 heterocycles. The number of hydrogen-bond acceptors (Lipinski definition) is 5. The van der Waals surface area contributed by atoms with Gasteiger partial charge in [0.1, 0.15) is 6.61 Å². The van der Waals surface area contributed by atoms with E-state index in [1.807, 2.05) is 24.3 Å². The average molecular weight is 465 g/mol. The van der Waals surface area contributed by atoms with Crippen molar-refractivity contribution in [1.82, 2.24) is 10.6 Å². The molecule has 0 aromatic heterocycles. The number of carbonyl (C=O) groups is 3.